The third kappa shape index (κ3) is 3.50. The van der Waals surface area contributed by atoms with E-state index < -0.39 is 5.91 Å². The Morgan fingerprint density at radius 3 is 2.79 bits per heavy atom. The standard InChI is InChI=1S/C16H12Cl2N4O2/c17-10-4-3-9(12(18)6-10)7-21-16(23)11-8-20-15(22-14(11)19)13-2-1-5-24-13/h1-6,8H,7H2,(H,21,23)(H2,19,20,22). The van der Waals surface area contributed by atoms with E-state index in [9.17, 15) is 4.79 Å². The van der Waals surface area contributed by atoms with Gasteiger partial charge < -0.3 is 15.5 Å². The van der Waals surface area contributed by atoms with Gasteiger partial charge in [-0.3, -0.25) is 4.79 Å². The highest BCUT2D eigenvalue weighted by Gasteiger charge is 2.14. The van der Waals surface area contributed by atoms with Crippen LogP contribution in [0.5, 0.6) is 0 Å². The van der Waals surface area contributed by atoms with Gasteiger partial charge in [-0.25, -0.2) is 9.97 Å². The van der Waals surface area contributed by atoms with Gasteiger partial charge in [-0.15, -0.1) is 0 Å². The lowest BCUT2D eigenvalue weighted by molar-refractivity contribution is 0.0951. The molecule has 8 heteroatoms. The minimum Gasteiger partial charge on any atom is -0.461 e. The molecule has 0 aliphatic rings. The Morgan fingerprint density at radius 2 is 2.12 bits per heavy atom. The zero-order valence-electron chi connectivity index (χ0n) is 12.3. The van der Waals surface area contributed by atoms with Crippen molar-refractivity contribution in [2.45, 2.75) is 6.54 Å². The number of nitrogens with two attached hydrogens (primary N) is 1. The molecule has 24 heavy (non-hydrogen) atoms. The first-order valence-electron chi connectivity index (χ1n) is 6.93. The molecule has 122 valence electrons. The highest BCUT2D eigenvalue weighted by Crippen LogP contribution is 2.21. The topological polar surface area (TPSA) is 94.0 Å². The highest BCUT2D eigenvalue weighted by atomic mass is 35.5. The molecule has 6 nitrogen and oxygen atoms in total. The van der Waals surface area contributed by atoms with Crippen molar-refractivity contribution in [2.24, 2.45) is 0 Å². The number of hydrogen-bond acceptors (Lipinski definition) is 5. The smallest absolute Gasteiger partial charge is 0.256 e. The summed E-state index contributed by atoms with van der Waals surface area (Å²) in [5, 5.41) is 3.72. The maximum Gasteiger partial charge on any atom is 0.256 e. The number of rotatable bonds is 4. The molecule has 0 unspecified atom stereocenters. The molecule has 0 aliphatic heterocycles. The minimum atomic E-state index is -0.399. The van der Waals surface area contributed by atoms with Gasteiger partial charge >= 0.3 is 0 Å². The van der Waals surface area contributed by atoms with Gasteiger partial charge in [0, 0.05) is 22.8 Å². The zero-order chi connectivity index (χ0) is 17.1. The van der Waals surface area contributed by atoms with Crippen LogP contribution >= 0.6 is 23.2 Å². The Morgan fingerprint density at radius 1 is 1.29 bits per heavy atom. The SMILES string of the molecule is Nc1nc(-c2ccco2)ncc1C(=O)NCc1ccc(Cl)cc1Cl. The normalized spacial score (nSPS) is 10.6. The first-order chi connectivity index (χ1) is 11.5. The summed E-state index contributed by atoms with van der Waals surface area (Å²) in [7, 11) is 0. The van der Waals surface area contributed by atoms with E-state index in [1.807, 2.05) is 0 Å². The molecule has 0 aliphatic carbocycles. The number of carbonyl (C=O) groups excluding carboxylic acids is 1. The molecule has 0 bridgehead atoms. The maximum absolute atomic E-state index is 12.3. The number of amides is 1. The van der Waals surface area contributed by atoms with E-state index in [0.29, 0.717) is 21.6 Å². The predicted molar refractivity (Wildman–Crippen MR) is 91.8 cm³/mol. The summed E-state index contributed by atoms with van der Waals surface area (Å²) in [5.41, 5.74) is 6.76. The fourth-order valence-electron chi connectivity index (χ4n) is 2.03. The number of furan rings is 1. The van der Waals surface area contributed by atoms with Crippen LogP contribution in [-0.4, -0.2) is 15.9 Å². The second-order valence-electron chi connectivity index (χ2n) is 4.89. The monoisotopic (exact) mass is 362 g/mol. The molecular formula is C16H12Cl2N4O2. The van der Waals surface area contributed by atoms with Crippen LogP contribution in [0.1, 0.15) is 15.9 Å². The van der Waals surface area contributed by atoms with E-state index in [1.165, 1.54) is 12.5 Å². The van der Waals surface area contributed by atoms with Gasteiger partial charge in [-0.05, 0) is 29.8 Å². The molecule has 0 atom stereocenters. The molecular weight excluding hydrogens is 351 g/mol. The fourth-order valence-corrected chi connectivity index (χ4v) is 2.51. The number of aromatic nitrogens is 2. The second kappa shape index (κ2) is 6.90. The number of carbonyl (C=O) groups is 1. The van der Waals surface area contributed by atoms with Crippen molar-refractivity contribution in [1.29, 1.82) is 0 Å². The molecule has 0 radical (unpaired) electrons. The summed E-state index contributed by atoms with van der Waals surface area (Å²) in [4.78, 5) is 20.4. The van der Waals surface area contributed by atoms with Gasteiger partial charge in [-0.1, -0.05) is 29.3 Å². The number of benzene rings is 1. The number of hydrogen-bond donors (Lipinski definition) is 2. The lowest BCUT2D eigenvalue weighted by atomic mass is 10.2. The summed E-state index contributed by atoms with van der Waals surface area (Å²) < 4.78 is 5.20. The van der Waals surface area contributed by atoms with Crippen molar-refractivity contribution < 1.29 is 9.21 Å². The van der Waals surface area contributed by atoms with Gasteiger partial charge in [0.25, 0.3) is 5.91 Å². The van der Waals surface area contributed by atoms with Crippen molar-refractivity contribution in [3.63, 3.8) is 0 Å². The second-order valence-corrected chi connectivity index (χ2v) is 5.73. The molecule has 3 N–H and O–H groups in total. The predicted octanol–water partition coefficient (Wildman–Crippen LogP) is 3.56. The largest absolute Gasteiger partial charge is 0.461 e. The Balaban J connectivity index is 1.73. The number of anilines is 1. The molecule has 3 rings (SSSR count). The summed E-state index contributed by atoms with van der Waals surface area (Å²) in [5.74, 6) is 0.456. The summed E-state index contributed by atoms with van der Waals surface area (Å²) in [6.45, 7) is 0.230. The Bertz CT molecular complexity index is 882. The highest BCUT2D eigenvalue weighted by molar-refractivity contribution is 6.35. The van der Waals surface area contributed by atoms with Gasteiger partial charge in [0.05, 0.1) is 11.8 Å². The molecule has 0 saturated heterocycles. The lowest BCUT2D eigenvalue weighted by Crippen LogP contribution is -2.24. The van der Waals surface area contributed by atoms with Gasteiger partial charge in [0.15, 0.2) is 11.6 Å². The molecule has 1 amide bonds. The van der Waals surface area contributed by atoms with Gasteiger partial charge in [-0.2, -0.15) is 0 Å². The van der Waals surface area contributed by atoms with E-state index in [-0.39, 0.29) is 17.9 Å². The van der Waals surface area contributed by atoms with Crippen LogP contribution in [0.2, 0.25) is 10.0 Å². The number of nitrogens with one attached hydrogen (secondary N) is 1. The molecule has 0 spiro atoms. The quantitative estimate of drug-likeness (QED) is 0.739. The van der Waals surface area contributed by atoms with Crippen LogP contribution in [0.4, 0.5) is 5.82 Å². The van der Waals surface area contributed by atoms with E-state index in [1.54, 1.807) is 30.3 Å². The van der Waals surface area contributed by atoms with Crippen molar-refractivity contribution in [3.05, 3.63) is 64.0 Å². The molecule has 0 fully saturated rings. The van der Waals surface area contributed by atoms with Crippen molar-refractivity contribution in [2.75, 3.05) is 5.73 Å². The maximum atomic E-state index is 12.3. The van der Waals surface area contributed by atoms with Crippen LogP contribution in [0.3, 0.4) is 0 Å². The Kier molecular flexibility index (Phi) is 4.69. The molecule has 2 aromatic heterocycles. The summed E-state index contributed by atoms with van der Waals surface area (Å²) >= 11 is 11.9. The van der Waals surface area contributed by atoms with Crippen molar-refractivity contribution in [3.8, 4) is 11.6 Å². The van der Waals surface area contributed by atoms with Crippen LogP contribution in [0.15, 0.2) is 47.2 Å². The number of nitrogen functional groups attached to an aromatic ring is 1. The van der Waals surface area contributed by atoms with Gasteiger partial charge in [0.1, 0.15) is 5.82 Å². The number of halogens is 2. The Labute approximate surface area is 147 Å². The third-order valence-corrected chi connectivity index (χ3v) is 3.85. The molecule has 2 heterocycles. The molecule has 1 aromatic carbocycles. The first-order valence-corrected chi connectivity index (χ1v) is 7.68. The molecule has 0 saturated carbocycles. The van der Waals surface area contributed by atoms with Crippen LogP contribution in [-0.2, 0) is 6.54 Å². The Hall–Kier alpha value is -2.57. The van der Waals surface area contributed by atoms with Crippen molar-refractivity contribution >= 4 is 34.9 Å². The average Bonchev–Trinajstić information content (AvgIpc) is 3.08. The van der Waals surface area contributed by atoms with Gasteiger partial charge in [0.2, 0.25) is 0 Å². The van der Waals surface area contributed by atoms with E-state index >= 15 is 0 Å². The average molecular weight is 363 g/mol. The third-order valence-electron chi connectivity index (χ3n) is 3.26. The fraction of sp³-hybridized carbons (Fsp3) is 0.0625. The lowest BCUT2D eigenvalue weighted by Gasteiger charge is -2.09. The number of nitrogens with zero attached hydrogens (tertiary/aromatic N) is 2. The summed E-state index contributed by atoms with van der Waals surface area (Å²) in [6, 6.07) is 8.47. The van der Waals surface area contributed by atoms with E-state index in [4.69, 9.17) is 33.4 Å². The van der Waals surface area contributed by atoms with Crippen LogP contribution in [0.25, 0.3) is 11.6 Å². The summed E-state index contributed by atoms with van der Waals surface area (Å²) in [6.07, 6.45) is 2.87. The zero-order valence-corrected chi connectivity index (χ0v) is 13.8. The van der Waals surface area contributed by atoms with Crippen LogP contribution < -0.4 is 11.1 Å². The van der Waals surface area contributed by atoms with E-state index in [0.717, 1.165) is 5.56 Å². The first kappa shape index (κ1) is 16.3. The van der Waals surface area contributed by atoms with E-state index in [2.05, 4.69) is 15.3 Å². The minimum absolute atomic E-state index is 0.0658. The van der Waals surface area contributed by atoms with Crippen molar-refractivity contribution in [1.82, 2.24) is 15.3 Å². The van der Waals surface area contributed by atoms with Crippen LogP contribution in [0, 0.1) is 0 Å². The molecule has 3 aromatic rings.